The molecule has 30 heavy (non-hydrogen) atoms. The zero-order chi connectivity index (χ0) is 20.9. The third-order valence-electron chi connectivity index (χ3n) is 4.77. The van der Waals surface area contributed by atoms with Gasteiger partial charge in [-0.15, -0.1) is 0 Å². The minimum atomic E-state index is 0.270. The van der Waals surface area contributed by atoms with Gasteiger partial charge in [0.25, 0.3) is 0 Å². The number of para-hydroxylation sites is 1. The molecule has 4 aromatic rings. The second-order valence-electron chi connectivity index (χ2n) is 6.75. The van der Waals surface area contributed by atoms with Gasteiger partial charge in [-0.25, -0.2) is 14.5 Å². The van der Waals surface area contributed by atoms with Crippen LogP contribution in [0.15, 0.2) is 55.0 Å². The molecule has 0 saturated heterocycles. The molecule has 154 valence electrons. The second-order valence-corrected chi connectivity index (χ2v) is 6.75. The summed E-state index contributed by atoms with van der Waals surface area (Å²) < 4.78 is 17.1. The molecule has 8 heteroatoms. The maximum atomic E-state index is 5.36. The van der Waals surface area contributed by atoms with E-state index in [4.69, 9.17) is 14.2 Å². The van der Waals surface area contributed by atoms with Crippen molar-refractivity contribution in [3.05, 3.63) is 60.6 Å². The van der Waals surface area contributed by atoms with E-state index in [0.29, 0.717) is 11.8 Å². The smallest absolute Gasteiger partial charge is 0.319 e. The fraction of sp³-hybridized carbons (Fsp3) is 0.273. The number of nitrogens with zero attached hydrogens (tertiary/aromatic N) is 5. The third kappa shape index (κ3) is 4.17. The molecule has 1 fully saturated rings. The first-order valence-corrected chi connectivity index (χ1v) is 9.62. The topological polar surface area (TPSA) is 83.7 Å². The molecule has 8 nitrogen and oxygen atoms in total. The van der Waals surface area contributed by atoms with Crippen LogP contribution in [-0.4, -0.2) is 45.9 Å². The molecule has 0 radical (unpaired) electrons. The third-order valence-corrected chi connectivity index (χ3v) is 4.77. The van der Waals surface area contributed by atoms with Crippen molar-refractivity contribution in [2.24, 2.45) is 0 Å². The first-order chi connectivity index (χ1) is 14.7. The van der Waals surface area contributed by atoms with Crippen LogP contribution in [0.3, 0.4) is 0 Å². The quantitative estimate of drug-likeness (QED) is 0.500. The summed E-state index contributed by atoms with van der Waals surface area (Å²) in [6, 6.07) is 12.0. The van der Waals surface area contributed by atoms with Crippen molar-refractivity contribution in [2.45, 2.75) is 18.8 Å². The van der Waals surface area contributed by atoms with Crippen LogP contribution < -0.4 is 14.2 Å². The zero-order valence-electron chi connectivity index (χ0n) is 17.1. The second kappa shape index (κ2) is 8.77. The van der Waals surface area contributed by atoms with Crippen LogP contribution in [-0.2, 0) is 0 Å². The molecule has 1 aliphatic carbocycles. The lowest BCUT2D eigenvalue weighted by molar-refractivity contribution is 0.353. The van der Waals surface area contributed by atoms with Gasteiger partial charge in [0.2, 0.25) is 5.88 Å². The van der Waals surface area contributed by atoms with Crippen molar-refractivity contribution >= 4 is 5.65 Å². The van der Waals surface area contributed by atoms with E-state index in [1.165, 1.54) is 25.5 Å². The SMILES string of the molecule is COc1ccccc1.COc1ncc(-c2cc(C3CC3)c3nccn3n2)c(OC)n1. The Morgan fingerprint density at radius 2 is 1.77 bits per heavy atom. The molecule has 0 spiro atoms. The standard InChI is InChI=1S/C15H15N5O2.C7H8O/c1-21-14-11(8-17-15(18-14)22-2)12-7-10(9-3-4-9)13-16-5-6-20(13)19-12;1-8-7-5-3-2-4-6-7/h5-9H,3-4H2,1-2H3;2-6H,1H3. The number of hydrogen-bond acceptors (Lipinski definition) is 7. The van der Waals surface area contributed by atoms with Crippen molar-refractivity contribution in [3.63, 3.8) is 0 Å². The number of hydrogen-bond donors (Lipinski definition) is 0. The van der Waals surface area contributed by atoms with Gasteiger partial charge in [-0.05, 0) is 37.0 Å². The highest BCUT2D eigenvalue weighted by atomic mass is 16.5. The predicted molar refractivity (Wildman–Crippen MR) is 112 cm³/mol. The molecule has 0 N–H and O–H groups in total. The van der Waals surface area contributed by atoms with Gasteiger partial charge < -0.3 is 14.2 Å². The Balaban J connectivity index is 0.000000230. The molecule has 1 aromatic carbocycles. The summed E-state index contributed by atoms with van der Waals surface area (Å²) in [5.74, 6) is 1.92. The van der Waals surface area contributed by atoms with Crippen LogP contribution in [0.5, 0.6) is 17.6 Å². The summed E-state index contributed by atoms with van der Waals surface area (Å²) in [5, 5.41) is 4.59. The summed E-state index contributed by atoms with van der Waals surface area (Å²) in [5.41, 5.74) is 3.64. The van der Waals surface area contributed by atoms with Crippen LogP contribution in [0.2, 0.25) is 0 Å². The highest BCUT2D eigenvalue weighted by molar-refractivity contribution is 5.67. The molecule has 0 atom stereocenters. The average molecular weight is 405 g/mol. The Bertz CT molecular complexity index is 1130. The van der Waals surface area contributed by atoms with Gasteiger partial charge in [-0.1, -0.05) is 18.2 Å². The minimum Gasteiger partial charge on any atom is -0.497 e. The van der Waals surface area contributed by atoms with E-state index in [1.54, 1.807) is 31.1 Å². The summed E-state index contributed by atoms with van der Waals surface area (Å²) >= 11 is 0. The molecule has 1 saturated carbocycles. The lowest BCUT2D eigenvalue weighted by Crippen LogP contribution is -2.02. The predicted octanol–water partition coefficient (Wildman–Crippen LogP) is 3.78. The molecule has 3 heterocycles. The van der Waals surface area contributed by atoms with Gasteiger partial charge >= 0.3 is 6.01 Å². The van der Waals surface area contributed by atoms with Gasteiger partial charge in [0.05, 0.1) is 32.6 Å². The van der Waals surface area contributed by atoms with Crippen LogP contribution >= 0.6 is 0 Å². The maximum Gasteiger partial charge on any atom is 0.319 e. The van der Waals surface area contributed by atoms with Gasteiger partial charge in [-0.2, -0.15) is 10.1 Å². The van der Waals surface area contributed by atoms with Crippen molar-refractivity contribution < 1.29 is 14.2 Å². The van der Waals surface area contributed by atoms with E-state index in [-0.39, 0.29) is 6.01 Å². The van der Waals surface area contributed by atoms with Gasteiger partial charge in [-0.3, -0.25) is 0 Å². The largest absolute Gasteiger partial charge is 0.497 e. The molecular weight excluding hydrogens is 382 g/mol. The number of benzene rings is 1. The summed E-state index contributed by atoms with van der Waals surface area (Å²) in [6.45, 7) is 0. The van der Waals surface area contributed by atoms with Crippen LogP contribution in [0.25, 0.3) is 16.9 Å². The molecule has 1 aliphatic rings. The molecular formula is C22H23N5O3. The minimum absolute atomic E-state index is 0.270. The molecule has 5 rings (SSSR count). The van der Waals surface area contributed by atoms with Gasteiger partial charge in [0.15, 0.2) is 5.65 Å². The summed E-state index contributed by atoms with van der Waals surface area (Å²) in [4.78, 5) is 12.8. The summed E-state index contributed by atoms with van der Waals surface area (Å²) in [7, 11) is 4.76. The van der Waals surface area contributed by atoms with E-state index >= 15 is 0 Å². The first-order valence-electron chi connectivity index (χ1n) is 9.62. The Morgan fingerprint density at radius 3 is 2.40 bits per heavy atom. The van der Waals surface area contributed by atoms with Crippen LogP contribution in [0, 0.1) is 0 Å². The van der Waals surface area contributed by atoms with Gasteiger partial charge in [0.1, 0.15) is 5.75 Å². The zero-order valence-corrected chi connectivity index (χ0v) is 17.1. The molecule has 3 aromatic heterocycles. The Hall–Kier alpha value is -3.68. The lowest BCUT2D eigenvalue weighted by atomic mass is 10.1. The van der Waals surface area contributed by atoms with E-state index in [1.807, 2.05) is 36.5 Å². The fourth-order valence-corrected chi connectivity index (χ4v) is 3.10. The van der Waals surface area contributed by atoms with E-state index in [2.05, 4.69) is 26.1 Å². The number of rotatable bonds is 5. The monoisotopic (exact) mass is 405 g/mol. The van der Waals surface area contributed by atoms with Crippen LogP contribution in [0.4, 0.5) is 0 Å². The van der Waals surface area contributed by atoms with Crippen molar-refractivity contribution in [2.75, 3.05) is 21.3 Å². The fourth-order valence-electron chi connectivity index (χ4n) is 3.10. The average Bonchev–Trinajstić information content (AvgIpc) is 3.55. The van der Waals surface area contributed by atoms with Crippen molar-refractivity contribution in [3.8, 4) is 28.9 Å². The number of methoxy groups -OCH3 is 3. The Kier molecular flexibility index (Phi) is 5.74. The molecule has 0 aliphatic heterocycles. The van der Waals surface area contributed by atoms with Crippen molar-refractivity contribution in [1.29, 1.82) is 0 Å². The number of imidazole rings is 1. The Morgan fingerprint density at radius 1 is 0.967 bits per heavy atom. The van der Waals surface area contributed by atoms with E-state index in [0.717, 1.165) is 22.7 Å². The first kappa shape index (κ1) is 19.6. The molecule has 0 unspecified atom stereocenters. The summed E-state index contributed by atoms with van der Waals surface area (Å²) in [6.07, 6.45) is 7.68. The number of ether oxygens (including phenoxy) is 3. The van der Waals surface area contributed by atoms with Crippen LogP contribution in [0.1, 0.15) is 24.3 Å². The Labute approximate surface area is 174 Å². The van der Waals surface area contributed by atoms with E-state index in [9.17, 15) is 0 Å². The highest BCUT2D eigenvalue weighted by Crippen LogP contribution is 2.43. The van der Waals surface area contributed by atoms with Gasteiger partial charge in [0, 0.05) is 24.2 Å². The number of aromatic nitrogens is 5. The molecule has 0 bridgehead atoms. The molecule has 0 amide bonds. The highest BCUT2D eigenvalue weighted by Gasteiger charge is 2.28. The maximum absolute atomic E-state index is 5.36. The lowest BCUT2D eigenvalue weighted by Gasteiger charge is -2.10. The normalized spacial score (nSPS) is 12.8. The van der Waals surface area contributed by atoms with Crippen molar-refractivity contribution in [1.82, 2.24) is 24.6 Å². The van der Waals surface area contributed by atoms with E-state index < -0.39 is 0 Å². The number of fused-ring (bicyclic) bond motifs is 1.